The lowest BCUT2D eigenvalue weighted by Crippen LogP contribution is -2.15. The van der Waals surface area contributed by atoms with Gasteiger partial charge in [0.2, 0.25) is 5.91 Å². The first-order valence-corrected chi connectivity index (χ1v) is 9.82. The maximum atomic E-state index is 12.4. The number of benzene rings is 2. The van der Waals surface area contributed by atoms with Gasteiger partial charge in [-0.1, -0.05) is 23.9 Å². The highest BCUT2D eigenvalue weighted by molar-refractivity contribution is 7.99. The standard InChI is InChI=1S/C21H23N3O2S/c1-4-26-18-9-7-17(8-10-18)24-12-11-22-21(24)27-14-20(25)23-19-13-15(2)5-6-16(19)3/h5-13H,4,14H2,1-3H3,(H,23,25). The van der Waals surface area contributed by atoms with Crippen molar-refractivity contribution in [3.63, 3.8) is 0 Å². The summed E-state index contributed by atoms with van der Waals surface area (Å²) in [5.41, 5.74) is 4.01. The fourth-order valence-electron chi connectivity index (χ4n) is 2.65. The number of rotatable bonds is 7. The van der Waals surface area contributed by atoms with E-state index in [-0.39, 0.29) is 5.91 Å². The maximum Gasteiger partial charge on any atom is 0.234 e. The van der Waals surface area contributed by atoms with Gasteiger partial charge in [-0.2, -0.15) is 0 Å². The van der Waals surface area contributed by atoms with Gasteiger partial charge in [0, 0.05) is 23.8 Å². The summed E-state index contributed by atoms with van der Waals surface area (Å²) in [7, 11) is 0. The number of anilines is 1. The van der Waals surface area contributed by atoms with Crippen molar-refractivity contribution in [1.29, 1.82) is 0 Å². The number of amides is 1. The summed E-state index contributed by atoms with van der Waals surface area (Å²) in [5, 5.41) is 3.75. The van der Waals surface area contributed by atoms with Gasteiger partial charge in [0.1, 0.15) is 5.75 Å². The highest BCUT2D eigenvalue weighted by Gasteiger charge is 2.10. The van der Waals surface area contributed by atoms with Crippen molar-refractivity contribution < 1.29 is 9.53 Å². The molecule has 6 heteroatoms. The van der Waals surface area contributed by atoms with Gasteiger partial charge in [-0.3, -0.25) is 9.36 Å². The van der Waals surface area contributed by atoms with Gasteiger partial charge in [-0.25, -0.2) is 4.98 Å². The Labute approximate surface area is 163 Å². The molecule has 0 fully saturated rings. The average Bonchev–Trinajstić information content (AvgIpc) is 3.12. The maximum absolute atomic E-state index is 12.4. The lowest BCUT2D eigenvalue weighted by Gasteiger charge is -2.10. The van der Waals surface area contributed by atoms with E-state index in [1.807, 2.05) is 74.0 Å². The number of hydrogen-bond acceptors (Lipinski definition) is 4. The van der Waals surface area contributed by atoms with Crippen molar-refractivity contribution in [3.8, 4) is 11.4 Å². The molecule has 0 spiro atoms. The largest absolute Gasteiger partial charge is 0.494 e. The van der Waals surface area contributed by atoms with Crippen LogP contribution in [-0.2, 0) is 4.79 Å². The van der Waals surface area contributed by atoms with Crippen molar-refractivity contribution in [1.82, 2.24) is 9.55 Å². The summed E-state index contributed by atoms with van der Waals surface area (Å²) in [6.45, 7) is 6.60. The topological polar surface area (TPSA) is 56.2 Å². The average molecular weight is 382 g/mol. The predicted octanol–water partition coefficient (Wildman–Crippen LogP) is 4.62. The van der Waals surface area contributed by atoms with E-state index < -0.39 is 0 Å². The predicted molar refractivity (Wildman–Crippen MR) is 110 cm³/mol. The summed E-state index contributed by atoms with van der Waals surface area (Å²) >= 11 is 1.41. The molecule has 1 N–H and O–H groups in total. The normalized spacial score (nSPS) is 10.6. The zero-order valence-electron chi connectivity index (χ0n) is 15.7. The number of ether oxygens (including phenoxy) is 1. The second-order valence-corrected chi connectivity index (χ2v) is 7.10. The van der Waals surface area contributed by atoms with Crippen molar-refractivity contribution in [2.24, 2.45) is 0 Å². The Bertz CT molecular complexity index is 919. The van der Waals surface area contributed by atoms with Gasteiger partial charge in [0.05, 0.1) is 12.4 Å². The van der Waals surface area contributed by atoms with Crippen molar-refractivity contribution >= 4 is 23.4 Å². The molecular weight excluding hydrogens is 358 g/mol. The first-order valence-electron chi connectivity index (χ1n) is 8.83. The third-order valence-corrected chi connectivity index (χ3v) is 5.00. The molecule has 1 aromatic heterocycles. The zero-order chi connectivity index (χ0) is 19.2. The van der Waals surface area contributed by atoms with Gasteiger partial charge in [-0.05, 0) is 62.2 Å². The van der Waals surface area contributed by atoms with E-state index in [1.165, 1.54) is 11.8 Å². The molecule has 0 saturated carbocycles. The number of nitrogens with zero attached hydrogens (tertiary/aromatic N) is 2. The van der Waals surface area contributed by atoms with Gasteiger partial charge in [-0.15, -0.1) is 0 Å². The van der Waals surface area contributed by atoms with E-state index in [0.29, 0.717) is 12.4 Å². The minimum atomic E-state index is -0.0463. The first-order chi connectivity index (χ1) is 13.1. The van der Waals surface area contributed by atoms with Crippen LogP contribution in [0.15, 0.2) is 60.0 Å². The van der Waals surface area contributed by atoms with Crippen LogP contribution >= 0.6 is 11.8 Å². The number of aromatic nitrogens is 2. The van der Waals surface area contributed by atoms with Gasteiger partial charge >= 0.3 is 0 Å². The number of nitrogens with one attached hydrogen (secondary N) is 1. The number of imidazole rings is 1. The third kappa shape index (κ3) is 4.92. The number of aryl methyl sites for hydroxylation is 2. The second-order valence-electron chi connectivity index (χ2n) is 6.16. The molecule has 27 heavy (non-hydrogen) atoms. The lowest BCUT2D eigenvalue weighted by atomic mass is 10.1. The Hall–Kier alpha value is -2.73. The first kappa shape index (κ1) is 19.0. The highest BCUT2D eigenvalue weighted by atomic mass is 32.2. The SMILES string of the molecule is CCOc1ccc(-n2ccnc2SCC(=O)Nc2cc(C)ccc2C)cc1. The Morgan fingerprint density at radius 3 is 2.70 bits per heavy atom. The van der Waals surface area contributed by atoms with Crippen LogP contribution in [0.5, 0.6) is 5.75 Å². The molecule has 0 radical (unpaired) electrons. The van der Waals surface area contributed by atoms with E-state index >= 15 is 0 Å². The fraction of sp³-hybridized carbons (Fsp3) is 0.238. The van der Waals surface area contributed by atoms with Crippen molar-refractivity contribution in [2.45, 2.75) is 25.9 Å². The molecule has 0 aliphatic rings. The van der Waals surface area contributed by atoms with Crippen LogP contribution in [0.4, 0.5) is 5.69 Å². The monoisotopic (exact) mass is 381 g/mol. The number of carbonyl (C=O) groups is 1. The highest BCUT2D eigenvalue weighted by Crippen LogP contribution is 2.23. The smallest absolute Gasteiger partial charge is 0.234 e. The van der Waals surface area contributed by atoms with Gasteiger partial charge < -0.3 is 10.1 Å². The Morgan fingerprint density at radius 1 is 1.19 bits per heavy atom. The van der Waals surface area contributed by atoms with E-state index in [0.717, 1.165) is 33.4 Å². The zero-order valence-corrected chi connectivity index (χ0v) is 16.5. The van der Waals surface area contributed by atoms with Crippen molar-refractivity contribution in [2.75, 3.05) is 17.7 Å². The minimum Gasteiger partial charge on any atom is -0.494 e. The van der Waals surface area contributed by atoms with Crippen LogP contribution in [0.2, 0.25) is 0 Å². The molecule has 3 rings (SSSR count). The molecule has 140 valence electrons. The summed E-state index contributed by atoms with van der Waals surface area (Å²) < 4.78 is 7.44. The van der Waals surface area contributed by atoms with Gasteiger partial charge in [0.25, 0.3) is 0 Å². The molecule has 2 aromatic carbocycles. The molecule has 3 aromatic rings. The lowest BCUT2D eigenvalue weighted by molar-refractivity contribution is -0.113. The quantitative estimate of drug-likeness (QED) is 0.607. The van der Waals surface area contributed by atoms with Crippen LogP contribution in [0.25, 0.3) is 5.69 Å². The summed E-state index contributed by atoms with van der Waals surface area (Å²) in [4.78, 5) is 16.7. The van der Waals surface area contributed by atoms with Crippen LogP contribution in [-0.4, -0.2) is 27.8 Å². The molecule has 0 aliphatic carbocycles. The Balaban J connectivity index is 1.64. The molecule has 0 saturated heterocycles. The number of hydrogen-bond donors (Lipinski definition) is 1. The van der Waals surface area contributed by atoms with E-state index in [9.17, 15) is 4.79 Å². The van der Waals surface area contributed by atoms with Crippen LogP contribution in [0, 0.1) is 13.8 Å². The van der Waals surface area contributed by atoms with Crippen LogP contribution in [0.3, 0.4) is 0 Å². The molecule has 0 aliphatic heterocycles. The molecule has 0 atom stereocenters. The molecule has 5 nitrogen and oxygen atoms in total. The molecule has 1 heterocycles. The van der Waals surface area contributed by atoms with E-state index in [1.54, 1.807) is 6.20 Å². The summed E-state index contributed by atoms with van der Waals surface area (Å²) in [5.74, 6) is 1.08. The molecule has 1 amide bonds. The fourth-order valence-corrected chi connectivity index (χ4v) is 3.42. The number of thioether (sulfide) groups is 1. The van der Waals surface area contributed by atoms with Crippen LogP contribution in [0.1, 0.15) is 18.1 Å². The van der Waals surface area contributed by atoms with Gasteiger partial charge in [0.15, 0.2) is 5.16 Å². The van der Waals surface area contributed by atoms with Crippen molar-refractivity contribution in [3.05, 3.63) is 66.0 Å². The Morgan fingerprint density at radius 2 is 1.96 bits per heavy atom. The molecule has 0 bridgehead atoms. The Kier molecular flexibility index (Phi) is 6.19. The number of carbonyl (C=O) groups excluding carboxylic acids is 1. The second kappa shape index (κ2) is 8.77. The minimum absolute atomic E-state index is 0.0463. The molecule has 0 unspecified atom stereocenters. The summed E-state index contributed by atoms with van der Waals surface area (Å²) in [6.07, 6.45) is 3.63. The van der Waals surface area contributed by atoms with E-state index in [2.05, 4.69) is 10.3 Å². The van der Waals surface area contributed by atoms with Crippen LogP contribution < -0.4 is 10.1 Å². The third-order valence-electron chi connectivity index (χ3n) is 4.03. The van der Waals surface area contributed by atoms with E-state index in [4.69, 9.17) is 4.74 Å². The molecular formula is C21H23N3O2S. The summed E-state index contributed by atoms with van der Waals surface area (Å²) in [6, 6.07) is 13.9.